The van der Waals surface area contributed by atoms with Gasteiger partial charge in [0.15, 0.2) is 0 Å². The van der Waals surface area contributed by atoms with Gasteiger partial charge in [-0.05, 0) is 32.0 Å². The van der Waals surface area contributed by atoms with E-state index in [0.717, 1.165) is 20.7 Å². The predicted molar refractivity (Wildman–Crippen MR) is 79.1 cm³/mol. The highest BCUT2D eigenvalue weighted by molar-refractivity contribution is 9.10. The van der Waals surface area contributed by atoms with E-state index in [2.05, 4.69) is 40.2 Å². The fourth-order valence-corrected chi connectivity index (χ4v) is 2.13. The first-order valence-corrected chi connectivity index (χ1v) is 6.95. The molecule has 5 heteroatoms. The first-order chi connectivity index (χ1) is 8.56. The molecule has 2 aromatic rings. The Morgan fingerprint density at radius 3 is 2.89 bits per heavy atom. The van der Waals surface area contributed by atoms with E-state index in [1.807, 2.05) is 35.3 Å². The average Bonchev–Trinajstić information content (AvgIpc) is 2.79. The Morgan fingerprint density at radius 2 is 2.22 bits per heavy atom. The summed E-state index contributed by atoms with van der Waals surface area (Å²) in [5, 5.41) is 8.33. The first-order valence-electron chi connectivity index (χ1n) is 5.78. The third-order valence-corrected chi connectivity index (χ3v) is 3.42. The molecule has 0 spiro atoms. The minimum absolute atomic E-state index is 0.383. The predicted octanol–water partition coefficient (Wildman–Crippen LogP) is 4.49. The number of halogens is 2. The molecular formula is C13H15BrClN3. The Bertz CT molecular complexity index is 537. The van der Waals surface area contributed by atoms with Crippen molar-refractivity contribution in [1.82, 2.24) is 9.78 Å². The molecule has 3 nitrogen and oxygen atoms in total. The van der Waals surface area contributed by atoms with E-state index in [9.17, 15) is 0 Å². The third-order valence-electron chi connectivity index (χ3n) is 2.60. The Hall–Kier alpha value is -1.00. The van der Waals surface area contributed by atoms with Crippen LogP contribution < -0.4 is 5.32 Å². The van der Waals surface area contributed by atoms with E-state index in [1.54, 1.807) is 0 Å². The third kappa shape index (κ3) is 3.27. The van der Waals surface area contributed by atoms with Crippen LogP contribution in [-0.4, -0.2) is 9.78 Å². The molecule has 0 bridgehead atoms. The summed E-state index contributed by atoms with van der Waals surface area (Å²) in [6, 6.07) is 6.14. The minimum Gasteiger partial charge on any atom is -0.380 e. The summed E-state index contributed by atoms with van der Waals surface area (Å²) >= 11 is 9.54. The number of nitrogens with one attached hydrogen (secondary N) is 1. The number of benzene rings is 1. The van der Waals surface area contributed by atoms with Crippen LogP contribution in [0.15, 0.2) is 35.1 Å². The van der Waals surface area contributed by atoms with Gasteiger partial charge in [0.1, 0.15) is 0 Å². The van der Waals surface area contributed by atoms with Crippen LogP contribution in [0.2, 0.25) is 5.02 Å². The van der Waals surface area contributed by atoms with Crippen molar-refractivity contribution < 1.29 is 0 Å². The van der Waals surface area contributed by atoms with Gasteiger partial charge in [-0.3, -0.25) is 4.68 Å². The van der Waals surface area contributed by atoms with Gasteiger partial charge in [0, 0.05) is 28.8 Å². The molecule has 96 valence electrons. The number of hydrogen-bond donors (Lipinski definition) is 1. The van der Waals surface area contributed by atoms with Crippen molar-refractivity contribution in [2.75, 3.05) is 5.32 Å². The molecule has 1 aromatic heterocycles. The molecule has 0 amide bonds. The Kier molecular flexibility index (Phi) is 4.30. The number of aromatic nitrogens is 2. The Morgan fingerprint density at radius 1 is 1.44 bits per heavy atom. The maximum atomic E-state index is 6.11. The second-order valence-corrected chi connectivity index (χ2v) is 5.72. The van der Waals surface area contributed by atoms with E-state index < -0.39 is 0 Å². The van der Waals surface area contributed by atoms with E-state index in [-0.39, 0.29) is 0 Å². The van der Waals surface area contributed by atoms with Crippen LogP contribution in [0, 0.1) is 0 Å². The number of anilines is 1. The van der Waals surface area contributed by atoms with Crippen molar-refractivity contribution >= 4 is 33.2 Å². The standard InChI is InChI=1S/C13H15BrClN3/c1-9(2)18-8-10(7-17-18)6-16-13-5-11(14)3-4-12(13)15/h3-5,7-9,16H,6H2,1-2H3. The largest absolute Gasteiger partial charge is 0.380 e. The minimum atomic E-state index is 0.383. The van der Waals surface area contributed by atoms with Crippen molar-refractivity contribution in [2.24, 2.45) is 0 Å². The highest BCUT2D eigenvalue weighted by Gasteiger charge is 2.04. The number of rotatable bonds is 4. The zero-order valence-corrected chi connectivity index (χ0v) is 12.7. The van der Waals surface area contributed by atoms with Crippen molar-refractivity contribution in [3.05, 3.63) is 45.7 Å². The molecule has 0 atom stereocenters. The maximum Gasteiger partial charge on any atom is 0.0638 e. The molecule has 1 N–H and O–H groups in total. The normalized spacial score (nSPS) is 10.9. The molecule has 18 heavy (non-hydrogen) atoms. The Balaban J connectivity index is 2.04. The topological polar surface area (TPSA) is 29.9 Å². The molecule has 0 radical (unpaired) electrons. The summed E-state index contributed by atoms with van der Waals surface area (Å²) in [4.78, 5) is 0. The summed E-state index contributed by atoms with van der Waals surface area (Å²) < 4.78 is 2.95. The first kappa shape index (κ1) is 13.4. The highest BCUT2D eigenvalue weighted by Crippen LogP contribution is 2.26. The van der Waals surface area contributed by atoms with Crippen LogP contribution in [0.5, 0.6) is 0 Å². The molecular weight excluding hydrogens is 314 g/mol. The molecule has 1 heterocycles. The van der Waals surface area contributed by atoms with Gasteiger partial charge in [-0.25, -0.2) is 0 Å². The van der Waals surface area contributed by atoms with Gasteiger partial charge < -0.3 is 5.32 Å². The number of nitrogens with zero attached hydrogens (tertiary/aromatic N) is 2. The van der Waals surface area contributed by atoms with Crippen LogP contribution in [-0.2, 0) is 6.54 Å². The summed E-state index contributed by atoms with van der Waals surface area (Å²) in [6.45, 7) is 4.92. The van der Waals surface area contributed by atoms with E-state index in [0.29, 0.717) is 12.6 Å². The van der Waals surface area contributed by atoms with Gasteiger partial charge in [-0.15, -0.1) is 0 Å². The van der Waals surface area contributed by atoms with Crippen molar-refractivity contribution in [3.63, 3.8) is 0 Å². The quantitative estimate of drug-likeness (QED) is 0.896. The second kappa shape index (κ2) is 5.76. The maximum absolute atomic E-state index is 6.11. The van der Waals surface area contributed by atoms with E-state index in [4.69, 9.17) is 11.6 Å². The number of hydrogen-bond acceptors (Lipinski definition) is 2. The van der Waals surface area contributed by atoms with E-state index >= 15 is 0 Å². The summed E-state index contributed by atoms with van der Waals surface area (Å²) in [5.41, 5.74) is 2.06. The van der Waals surface area contributed by atoms with Gasteiger partial charge in [-0.1, -0.05) is 27.5 Å². The second-order valence-electron chi connectivity index (χ2n) is 4.40. The average molecular weight is 329 g/mol. The summed E-state index contributed by atoms with van der Waals surface area (Å²) in [7, 11) is 0. The van der Waals surface area contributed by atoms with Gasteiger partial charge in [-0.2, -0.15) is 5.10 Å². The lowest BCUT2D eigenvalue weighted by Crippen LogP contribution is -2.01. The van der Waals surface area contributed by atoms with Gasteiger partial charge in [0.25, 0.3) is 0 Å². The smallest absolute Gasteiger partial charge is 0.0638 e. The zero-order valence-electron chi connectivity index (χ0n) is 10.3. The highest BCUT2D eigenvalue weighted by atomic mass is 79.9. The van der Waals surface area contributed by atoms with Crippen LogP contribution >= 0.6 is 27.5 Å². The lowest BCUT2D eigenvalue weighted by molar-refractivity contribution is 0.532. The summed E-state index contributed by atoms with van der Waals surface area (Å²) in [6.07, 6.45) is 3.92. The molecule has 0 aliphatic heterocycles. The van der Waals surface area contributed by atoms with Crippen molar-refractivity contribution in [2.45, 2.75) is 26.4 Å². The fraction of sp³-hybridized carbons (Fsp3) is 0.308. The van der Waals surface area contributed by atoms with Crippen LogP contribution in [0.25, 0.3) is 0 Å². The monoisotopic (exact) mass is 327 g/mol. The molecule has 0 saturated carbocycles. The zero-order chi connectivity index (χ0) is 13.1. The van der Waals surface area contributed by atoms with E-state index in [1.165, 1.54) is 0 Å². The SMILES string of the molecule is CC(C)n1cc(CNc2cc(Br)ccc2Cl)cn1. The molecule has 1 aromatic carbocycles. The molecule has 0 fully saturated rings. The lowest BCUT2D eigenvalue weighted by atomic mass is 10.3. The van der Waals surface area contributed by atoms with Crippen LogP contribution in [0.1, 0.15) is 25.5 Å². The summed E-state index contributed by atoms with van der Waals surface area (Å²) in [5.74, 6) is 0. The molecule has 0 unspecified atom stereocenters. The fourth-order valence-electron chi connectivity index (χ4n) is 1.58. The molecule has 0 aliphatic rings. The molecule has 2 rings (SSSR count). The van der Waals surface area contributed by atoms with Gasteiger partial charge in [0.05, 0.1) is 16.9 Å². The lowest BCUT2D eigenvalue weighted by Gasteiger charge is -2.07. The van der Waals surface area contributed by atoms with Crippen molar-refractivity contribution in [1.29, 1.82) is 0 Å². The molecule has 0 saturated heterocycles. The van der Waals surface area contributed by atoms with Crippen molar-refractivity contribution in [3.8, 4) is 0 Å². The van der Waals surface area contributed by atoms with Gasteiger partial charge >= 0.3 is 0 Å². The van der Waals surface area contributed by atoms with Crippen LogP contribution in [0.4, 0.5) is 5.69 Å². The van der Waals surface area contributed by atoms with Crippen LogP contribution in [0.3, 0.4) is 0 Å². The Labute approximate surface area is 120 Å². The van der Waals surface area contributed by atoms with Gasteiger partial charge in [0.2, 0.25) is 0 Å². The molecule has 0 aliphatic carbocycles.